The lowest BCUT2D eigenvalue weighted by atomic mass is 10.3. The van der Waals surface area contributed by atoms with Gasteiger partial charge in [-0.25, -0.2) is 18.1 Å². The summed E-state index contributed by atoms with van der Waals surface area (Å²) in [5, 5.41) is 8.47. The normalized spacial score (nSPS) is 11.8. The topological polar surface area (TPSA) is 95.1 Å². The summed E-state index contributed by atoms with van der Waals surface area (Å²) < 4.78 is 24.6. The highest BCUT2D eigenvalue weighted by Gasteiger charge is 2.07. The Balaban J connectivity index is 2.17. The van der Waals surface area contributed by atoms with Crippen molar-refractivity contribution >= 4 is 10.0 Å². The Morgan fingerprint density at radius 1 is 1.53 bits per heavy atom. The lowest BCUT2D eigenvalue weighted by molar-refractivity contribution is 0.319. The molecule has 0 aliphatic heterocycles. The summed E-state index contributed by atoms with van der Waals surface area (Å²) in [4.78, 5) is 6.95. The number of hydrogen-bond donors (Lipinski definition) is 3. The smallest absolute Gasteiger partial charge is 0.213 e. The molecule has 15 heavy (non-hydrogen) atoms. The zero-order valence-corrected chi connectivity index (χ0v) is 9.13. The van der Waals surface area contributed by atoms with Crippen LogP contribution in [-0.2, 0) is 16.4 Å². The number of rotatable bonds is 7. The van der Waals surface area contributed by atoms with Crippen LogP contribution in [0.5, 0.6) is 0 Å². The first kappa shape index (κ1) is 12.2. The molecule has 7 heteroatoms. The van der Waals surface area contributed by atoms with Crippen molar-refractivity contribution in [3.63, 3.8) is 0 Å². The minimum atomic E-state index is -3.30. The molecular formula is C8H15N3O3S. The summed E-state index contributed by atoms with van der Waals surface area (Å²) in [6.45, 7) is 0.0105. The van der Waals surface area contributed by atoms with Gasteiger partial charge in [0.15, 0.2) is 0 Å². The number of aliphatic hydroxyl groups is 1. The molecule has 0 unspecified atom stereocenters. The van der Waals surface area contributed by atoms with Crippen LogP contribution in [-0.4, -0.2) is 42.4 Å². The Morgan fingerprint density at radius 2 is 2.33 bits per heavy atom. The van der Waals surface area contributed by atoms with Crippen molar-refractivity contribution in [1.82, 2.24) is 14.7 Å². The molecule has 0 aliphatic rings. The Kier molecular flexibility index (Phi) is 4.73. The molecule has 0 fully saturated rings. The zero-order valence-electron chi connectivity index (χ0n) is 8.31. The molecular weight excluding hydrogens is 218 g/mol. The monoisotopic (exact) mass is 233 g/mol. The molecule has 1 rings (SSSR count). The highest BCUT2D eigenvalue weighted by atomic mass is 32.2. The largest absolute Gasteiger partial charge is 0.395 e. The van der Waals surface area contributed by atoms with E-state index in [-0.39, 0.29) is 12.4 Å². The van der Waals surface area contributed by atoms with Gasteiger partial charge in [0.05, 0.1) is 12.4 Å². The molecule has 1 aromatic heterocycles. The van der Waals surface area contributed by atoms with Crippen molar-refractivity contribution in [3.8, 4) is 0 Å². The first-order valence-corrected chi connectivity index (χ1v) is 6.36. The molecule has 0 aliphatic carbocycles. The average molecular weight is 233 g/mol. The van der Waals surface area contributed by atoms with Crippen molar-refractivity contribution in [1.29, 1.82) is 0 Å². The summed E-state index contributed by atoms with van der Waals surface area (Å²) in [5.74, 6) is 0.602. The van der Waals surface area contributed by atoms with E-state index in [9.17, 15) is 8.42 Å². The highest BCUT2D eigenvalue weighted by Crippen LogP contribution is 1.94. The predicted molar refractivity (Wildman–Crippen MR) is 55.8 cm³/mol. The van der Waals surface area contributed by atoms with Crippen molar-refractivity contribution in [2.45, 2.75) is 12.8 Å². The van der Waals surface area contributed by atoms with E-state index in [1.54, 1.807) is 12.4 Å². The number of aliphatic hydroxyl groups excluding tert-OH is 1. The van der Waals surface area contributed by atoms with Gasteiger partial charge in [0, 0.05) is 25.4 Å². The molecule has 0 saturated carbocycles. The molecule has 3 N–H and O–H groups in total. The Bertz CT molecular complexity index is 360. The predicted octanol–water partition coefficient (Wildman–Crippen LogP) is -0.746. The fraction of sp³-hybridized carbons (Fsp3) is 0.625. The van der Waals surface area contributed by atoms with Crippen LogP contribution in [0.15, 0.2) is 12.4 Å². The fourth-order valence-electron chi connectivity index (χ4n) is 1.11. The Labute approximate surface area is 88.8 Å². The third kappa shape index (κ3) is 4.91. The van der Waals surface area contributed by atoms with Crippen molar-refractivity contribution in [2.24, 2.45) is 0 Å². The van der Waals surface area contributed by atoms with Gasteiger partial charge in [0.1, 0.15) is 5.82 Å². The second kappa shape index (κ2) is 5.84. The van der Waals surface area contributed by atoms with E-state index in [1.165, 1.54) is 0 Å². The molecule has 6 nitrogen and oxygen atoms in total. The lowest BCUT2D eigenvalue weighted by Gasteiger charge is -2.03. The van der Waals surface area contributed by atoms with Gasteiger partial charge in [-0.15, -0.1) is 0 Å². The molecule has 0 aromatic carbocycles. The van der Waals surface area contributed by atoms with Crippen LogP contribution in [0.4, 0.5) is 0 Å². The van der Waals surface area contributed by atoms with E-state index in [2.05, 4.69) is 14.7 Å². The average Bonchev–Trinajstić information content (AvgIpc) is 2.65. The van der Waals surface area contributed by atoms with Crippen LogP contribution in [0.1, 0.15) is 12.2 Å². The summed E-state index contributed by atoms with van der Waals surface area (Å²) in [5.41, 5.74) is 0. The second-order valence-electron chi connectivity index (χ2n) is 3.08. The van der Waals surface area contributed by atoms with Crippen LogP contribution in [0, 0.1) is 0 Å². The maximum atomic E-state index is 11.1. The van der Waals surface area contributed by atoms with Gasteiger partial charge >= 0.3 is 0 Å². The molecule has 86 valence electrons. The molecule has 1 heterocycles. The van der Waals surface area contributed by atoms with E-state index >= 15 is 0 Å². The minimum absolute atomic E-state index is 0.242. The number of nitrogens with one attached hydrogen (secondary N) is 2. The van der Waals surface area contributed by atoms with Gasteiger partial charge in [0.2, 0.25) is 10.0 Å². The highest BCUT2D eigenvalue weighted by molar-refractivity contribution is 7.89. The van der Waals surface area contributed by atoms with Crippen molar-refractivity contribution in [3.05, 3.63) is 18.2 Å². The van der Waals surface area contributed by atoms with Crippen molar-refractivity contribution < 1.29 is 13.5 Å². The molecule has 0 bridgehead atoms. The third-order valence-electron chi connectivity index (χ3n) is 1.83. The van der Waals surface area contributed by atoms with E-state index < -0.39 is 10.0 Å². The molecule has 1 aromatic rings. The van der Waals surface area contributed by atoms with Crippen LogP contribution in [0.3, 0.4) is 0 Å². The van der Waals surface area contributed by atoms with Crippen molar-refractivity contribution in [2.75, 3.05) is 18.9 Å². The minimum Gasteiger partial charge on any atom is -0.395 e. The lowest BCUT2D eigenvalue weighted by Crippen LogP contribution is -2.28. The van der Waals surface area contributed by atoms with Crippen LogP contribution in [0.25, 0.3) is 0 Å². The number of sulfonamides is 1. The number of imidazole rings is 1. The summed E-state index contributed by atoms with van der Waals surface area (Å²) >= 11 is 0. The summed E-state index contributed by atoms with van der Waals surface area (Å²) in [6, 6.07) is 0. The van der Waals surface area contributed by atoms with Gasteiger partial charge in [0.25, 0.3) is 0 Å². The number of hydrogen-bond acceptors (Lipinski definition) is 4. The van der Waals surface area contributed by atoms with Gasteiger partial charge in [-0.3, -0.25) is 0 Å². The quantitative estimate of drug-likeness (QED) is 0.540. The maximum absolute atomic E-state index is 11.1. The number of nitrogens with zero attached hydrogens (tertiary/aromatic N) is 1. The van der Waals surface area contributed by atoms with Gasteiger partial charge in [-0.1, -0.05) is 0 Å². The van der Waals surface area contributed by atoms with Gasteiger partial charge < -0.3 is 10.1 Å². The molecule has 0 atom stereocenters. The number of aryl methyl sites for hydroxylation is 1. The van der Waals surface area contributed by atoms with Crippen LogP contribution >= 0.6 is 0 Å². The number of H-pyrrole nitrogens is 1. The van der Waals surface area contributed by atoms with Gasteiger partial charge in [-0.2, -0.15) is 0 Å². The van der Waals surface area contributed by atoms with Crippen LogP contribution < -0.4 is 4.72 Å². The zero-order chi connectivity index (χ0) is 11.1. The van der Waals surface area contributed by atoms with Gasteiger partial charge in [-0.05, 0) is 6.42 Å². The Hall–Kier alpha value is -0.920. The number of aromatic nitrogens is 2. The SMILES string of the molecule is O=S(=O)(CCO)NCCCc1ncc[nH]1. The Morgan fingerprint density at radius 3 is 2.93 bits per heavy atom. The molecule has 0 spiro atoms. The maximum Gasteiger partial charge on any atom is 0.213 e. The second-order valence-corrected chi connectivity index (χ2v) is 5.00. The molecule has 0 radical (unpaired) electrons. The van der Waals surface area contributed by atoms with Crippen LogP contribution in [0.2, 0.25) is 0 Å². The van der Waals surface area contributed by atoms with E-state index in [0.29, 0.717) is 19.4 Å². The third-order valence-corrected chi connectivity index (χ3v) is 3.19. The summed E-state index contributed by atoms with van der Waals surface area (Å²) in [6.07, 6.45) is 4.77. The standard InChI is InChI=1S/C8H15N3O3S/c12-6-7-15(13,14)11-3-1-2-8-9-4-5-10-8/h4-5,11-12H,1-3,6-7H2,(H,9,10). The number of aromatic amines is 1. The first-order valence-electron chi connectivity index (χ1n) is 4.70. The fourth-order valence-corrected chi connectivity index (χ4v) is 1.95. The summed E-state index contributed by atoms with van der Waals surface area (Å²) in [7, 11) is -3.30. The molecule has 0 amide bonds. The van der Waals surface area contributed by atoms with E-state index in [4.69, 9.17) is 5.11 Å². The van der Waals surface area contributed by atoms with E-state index in [1.807, 2.05) is 0 Å². The van der Waals surface area contributed by atoms with E-state index in [0.717, 1.165) is 5.82 Å². The molecule has 0 saturated heterocycles. The first-order chi connectivity index (χ1) is 7.14.